The minimum absolute atomic E-state index is 0.0264. The smallest absolute Gasteiger partial charge is 0.326 e. The van der Waals surface area contributed by atoms with Crippen molar-refractivity contribution in [1.29, 1.82) is 0 Å². The maximum absolute atomic E-state index is 12.1. The first kappa shape index (κ1) is 44.6. The average molecular weight is 861 g/mol. The Morgan fingerprint density at radius 1 is 0.948 bits per heavy atom. The topological polar surface area (TPSA) is 205 Å². The van der Waals surface area contributed by atoms with E-state index in [1.54, 1.807) is 18.2 Å². The SMILES string of the molecule is Cc1c(COc2cc(OCc3cncc(S(C)(=O)=O)c3)c(CN[C@](C)(CO)C(=O)O)cc2Cl)cccc1-c1cccc(OCCCN2CCC(CO)(C(=O)O)C2)c1Cl. The molecule has 2 atom stereocenters. The van der Waals surface area contributed by atoms with E-state index in [2.05, 4.69) is 10.3 Å². The van der Waals surface area contributed by atoms with Gasteiger partial charge in [0, 0.05) is 61.0 Å². The van der Waals surface area contributed by atoms with Crippen molar-refractivity contribution in [2.75, 3.05) is 45.7 Å². The molecule has 17 heteroatoms. The maximum Gasteiger partial charge on any atom is 0.326 e. The molecule has 0 bridgehead atoms. The molecule has 0 aliphatic carbocycles. The third kappa shape index (κ3) is 10.6. The number of pyridine rings is 1. The van der Waals surface area contributed by atoms with Crippen LogP contribution in [0.5, 0.6) is 17.2 Å². The number of ether oxygens (including phenoxy) is 3. The Labute approximate surface area is 347 Å². The molecule has 1 saturated heterocycles. The summed E-state index contributed by atoms with van der Waals surface area (Å²) in [6.45, 7) is 4.04. The molecular weight excluding hydrogens is 813 g/mol. The van der Waals surface area contributed by atoms with Crippen LogP contribution in [0.15, 0.2) is 71.9 Å². The molecule has 1 aliphatic heterocycles. The number of nitrogens with one attached hydrogen (secondary N) is 1. The fraction of sp³-hybridized carbons (Fsp3) is 0.390. The van der Waals surface area contributed by atoms with Crippen molar-refractivity contribution < 1.29 is 52.6 Å². The molecular formula is C41H47Cl2N3O11S. The third-order valence-electron chi connectivity index (χ3n) is 10.3. The molecule has 4 aromatic rings. The monoisotopic (exact) mass is 859 g/mol. The van der Waals surface area contributed by atoms with E-state index in [4.69, 9.17) is 37.4 Å². The van der Waals surface area contributed by atoms with Gasteiger partial charge in [-0.05, 0) is 68.1 Å². The normalized spacial score (nSPS) is 16.8. The molecule has 14 nitrogen and oxygen atoms in total. The maximum atomic E-state index is 12.1. The molecule has 58 heavy (non-hydrogen) atoms. The Balaban J connectivity index is 1.30. The number of rotatable bonds is 20. The zero-order valence-corrected chi connectivity index (χ0v) is 34.7. The highest BCUT2D eigenvalue weighted by atomic mass is 35.5. The number of carbonyl (C=O) groups is 2. The molecule has 0 radical (unpaired) electrons. The molecule has 0 spiro atoms. The van der Waals surface area contributed by atoms with Crippen LogP contribution in [-0.2, 0) is 39.2 Å². The summed E-state index contributed by atoms with van der Waals surface area (Å²) in [6, 6.07) is 15.9. The van der Waals surface area contributed by atoms with Gasteiger partial charge in [0.25, 0.3) is 0 Å². The van der Waals surface area contributed by atoms with Crippen LogP contribution in [0.25, 0.3) is 11.1 Å². The number of aliphatic hydroxyl groups is 2. The number of carboxylic acid groups (broad SMARTS) is 2. The predicted octanol–water partition coefficient (Wildman–Crippen LogP) is 5.39. The van der Waals surface area contributed by atoms with Gasteiger partial charge >= 0.3 is 11.9 Å². The van der Waals surface area contributed by atoms with Crippen LogP contribution in [0, 0.1) is 12.3 Å². The van der Waals surface area contributed by atoms with E-state index in [0.717, 1.165) is 28.5 Å². The Bertz CT molecular complexity index is 2240. The molecule has 0 saturated carbocycles. The van der Waals surface area contributed by atoms with Crippen molar-refractivity contribution in [2.24, 2.45) is 5.41 Å². The van der Waals surface area contributed by atoms with E-state index in [0.29, 0.717) is 61.0 Å². The highest BCUT2D eigenvalue weighted by Gasteiger charge is 2.44. The van der Waals surface area contributed by atoms with Crippen molar-refractivity contribution in [1.82, 2.24) is 15.2 Å². The fourth-order valence-corrected chi connectivity index (χ4v) is 7.60. The quantitative estimate of drug-likeness (QED) is 0.0708. The summed E-state index contributed by atoms with van der Waals surface area (Å²) >= 11 is 13.6. The largest absolute Gasteiger partial charge is 0.492 e. The number of halogens is 2. The van der Waals surface area contributed by atoms with Crippen molar-refractivity contribution in [3.63, 3.8) is 0 Å². The van der Waals surface area contributed by atoms with Gasteiger partial charge < -0.3 is 39.5 Å². The third-order valence-corrected chi connectivity index (χ3v) is 12.1. The second kappa shape index (κ2) is 19.1. The average Bonchev–Trinajstić information content (AvgIpc) is 3.63. The summed E-state index contributed by atoms with van der Waals surface area (Å²) in [5.41, 5.74) is 1.49. The van der Waals surface area contributed by atoms with E-state index >= 15 is 0 Å². The van der Waals surface area contributed by atoms with E-state index < -0.39 is 45.9 Å². The molecule has 5 rings (SSSR count). The molecule has 1 aromatic heterocycles. The van der Waals surface area contributed by atoms with Gasteiger partial charge in [0.05, 0.1) is 34.8 Å². The van der Waals surface area contributed by atoms with Crippen LogP contribution in [0.4, 0.5) is 0 Å². The van der Waals surface area contributed by atoms with Gasteiger partial charge in [-0.1, -0.05) is 53.5 Å². The van der Waals surface area contributed by atoms with E-state index in [-0.39, 0.29) is 41.2 Å². The minimum Gasteiger partial charge on any atom is -0.492 e. The zero-order chi connectivity index (χ0) is 42.3. The van der Waals surface area contributed by atoms with Crippen LogP contribution in [0.1, 0.15) is 42.0 Å². The van der Waals surface area contributed by atoms with Crippen LogP contribution in [0.2, 0.25) is 10.0 Å². The number of aliphatic carboxylic acids is 2. The van der Waals surface area contributed by atoms with E-state index in [1.165, 1.54) is 25.4 Å². The standard InChI is InChI=1S/C41H47Cl2N3O11S/c1-26-28(7-4-8-31(26)32-9-5-10-34(37(32)43)55-14-6-12-46-13-11-41(23-46,25-48)39(51)52)22-57-36-17-35(56-21-27-15-30(20-44-18-27)58(3,53)54)29(16-33(36)42)19-45-40(2,24-47)38(49)50/h4-5,7-10,15-18,20,45,47-48H,6,11-14,19,21-25H2,1-3H3,(H,49,50)(H,51,52)/t40-,41?/m1/s1. The predicted molar refractivity (Wildman–Crippen MR) is 217 cm³/mol. The molecule has 5 N–H and O–H groups in total. The summed E-state index contributed by atoms with van der Waals surface area (Å²) < 4.78 is 42.6. The summed E-state index contributed by atoms with van der Waals surface area (Å²) in [4.78, 5) is 29.6. The zero-order valence-electron chi connectivity index (χ0n) is 32.3. The van der Waals surface area contributed by atoms with Gasteiger partial charge in [0.15, 0.2) is 9.84 Å². The number of aliphatic hydroxyl groups excluding tert-OH is 2. The Kier molecular flexibility index (Phi) is 14.7. The number of aromatic nitrogens is 1. The van der Waals surface area contributed by atoms with Gasteiger partial charge in [-0.25, -0.2) is 8.42 Å². The number of hydrogen-bond donors (Lipinski definition) is 5. The summed E-state index contributed by atoms with van der Waals surface area (Å²) in [6.07, 6.45) is 4.83. The summed E-state index contributed by atoms with van der Waals surface area (Å²) in [5.74, 6) is -1.19. The van der Waals surface area contributed by atoms with Crippen LogP contribution >= 0.6 is 23.2 Å². The van der Waals surface area contributed by atoms with Gasteiger partial charge in [-0.3, -0.25) is 19.9 Å². The lowest BCUT2D eigenvalue weighted by molar-refractivity contribution is -0.150. The summed E-state index contributed by atoms with van der Waals surface area (Å²) in [7, 11) is -3.52. The highest BCUT2D eigenvalue weighted by molar-refractivity contribution is 7.90. The first-order chi connectivity index (χ1) is 27.5. The number of likely N-dealkylation sites (tertiary alicyclic amines) is 1. The fourth-order valence-electron chi connectivity index (χ4n) is 6.46. The number of hydrogen-bond acceptors (Lipinski definition) is 12. The van der Waals surface area contributed by atoms with Gasteiger partial charge in [-0.2, -0.15) is 0 Å². The van der Waals surface area contributed by atoms with E-state index in [9.17, 15) is 38.4 Å². The minimum atomic E-state index is -3.52. The Morgan fingerprint density at radius 2 is 1.67 bits per heavy atom. The Morgan fingerprint density at radius 3 is 2.34 bits per heavy atom. The first-order valence-electron chi connectivity index (χ1n) is 18.4. The first-order valence-corrected chi connectivity index (χ1v) is 21.0. The second-order valence-electron chi connectivity index (χ2n) is 14.6. The lowest BCUT2D eigenvalue weighted by Crippen LogP contribution is -2.52. The van der Waals surface area contributed by atoms with Gasteiger partial charge in [0.1, 0.15) is 41.4 Å². The number of benzene rings is 3. The molecule has 1 unspecified atom stereocenters. The molecule has 2 heterocycles. The van der Waals surface area contributed by atoms with E-state index in [1.807, 2.05) is 42.2 Å². The van der Waals surface area contributed by atoms with Crippen molar-refractivity contribution in [3.05, 3.63) is 99.3 Å². The van der Waals surface area contributed by atoms with Crippen molar-refractivity contribution in [2.45, 2.75) is 56.9 Å². The summed E-state index contributed by atoms with van der Waals surface area (Å²) in [5, 5.41) is 42.1. The number of carboxylic acids is 2. The van der Waals surface area contributed by atoms with Gasteiger partial charge in [-0.15, -0.1) is 0 Å². The lowest BCUT2D eigenvalue weighted by Gasteiger charge is -2.25. The molecule has 1 fully saturated rings. The molecule has 3 aromatic carbocycles. The van der Waals surface area contributed by atoms with Crippen LogP contribution < -0.4 is 19.5 Å². The highest BCUT2D eigenvalue weighted by Crippen LogP contribution is 2.39. The molecule has 312 valence electrons. The molecule has 1 aliphatic rings. The Hall–Kier alpha value is -4.48. The van der Waals surface area contributed by atoms with Crippen molar-refractivity contribution >= 4 is 45.0 Å². The number of sulfone groups is 1. The van der Waals surface area contributed by atoms with Crippen LogP contribution in [0.3, 0.4) is 0 Å². The van der Waals surface area contributed by atoms with Gasteiger partial charge in [0.2, 0.25) is 0 Å². The molecule has 0 amide bonds. The number of nitrogens with zero attached hydrogens (tertiary/aromatic N) is 2. The lowest BCUT2D eigenvalue weighted by atomic mass is 9.88. The van der Waals surface area contributed by atoms with Crippen LogP contribution in [-0.4, -0.2) is 102 Å². The second-order valence-corrected chi connectivity index (χ2v) is 17.4. The van der Waals surface area contributed by atoms with Crippen molar-refractivity contribution in [3.8, 4) is 28.4 Å².